The summed E-state index contributed by atoms with van der Waals surface area (Å²) in [4.78, 5) is 0. The number of nitriles is 1. The Hall–Kier alpha value is -1.54. The van der Waals surface area contributed by atoms with Gasteiger partial charge in [0, 0.05) is 0 Å². The van der Waals surface area contributed by atoms with Gasteiger partial charge < -0.3 is 4.74 Å². The normalized spacial score (nSPS) is 13.2. The van der Waals surface area contributed by atoms with Crippen LogP contribution in [0.4, 0.5) is 13.2 Å². The molecule has 0 N–H and O–H groups in total. The van der Waals surface area contributed by atoms with Gasteiger partial charge in [0.25, 0.3) is 0 Å². The first-order valence-corrected chi connectivity index (χ1v) is 4.61. The van der Waals surface area contributed by atoms with Gasteiger partial charge in [0.2, 0.25) is 0 Å². The Bertz CT molecular complexity index is 378. The van der Waals surface area contributed by atoms with Gasteiger partial charge in [0.1, 0.15) is 0 Å². The van der Waals surface area contributed by atoms with Crippen molar-refractivity contribution in [1.29, 1.82) is 5.26 Å². The van der Waals surface area contributed by atoms with Crippen molar-refractivity contribution in [2.45, 2.75) is 25.8 Å². The lowest BCUT2D eigenvalue weighted by Crippen LogP contribution is -2.28. The maximum Gasteiger partial charge on any atom is 0.414 e. The van der Waals surface area contributed by atoms with E-state index in [0.29, 0.717) is 11.1 Å². The molecule has 0 aliphatic rings. The highest BCUT2D eigenvalue weighted by molar-refractivity contribution is 5.31. The van der Waals surface area contributed by atoms with E-state index in [-0.39, 0.29) is 6.61 Å². The third kappa shape index (κ3) is 3.55. The first-order valence-electron chi connectivity index (χ1n) is 4.61. The van der Waals surface area contributed by atoms with Crippen LogP contribution in [0.3, 0.4) is 0 Å². The second kappa shape index (κ2) is 4.99. The molecule has 0 radical (unpaired) electrons. The number of halogens is 3. The van der Waals surface area contributed by atoms with Gasteiger partial charge in [-0.2, -0.15) is 18.4 Å². The molecule has 1 unspecified atom stereocenters. The molecule has 0 aromatic heterocycles. The van der Waals surface area contributed by atoms with Crippen molar-refractivity contribution in [3.63, 3.8) is 0 Å². The van der Waals surface area contributed by atoms with Crippen LogP contribution in [0.1, 0.15) is 18.1 Å². The van der Waals surface area contributed by atoms with Gasteiger partial charge in [-0.3, -0.25) is 0 Å². The Morgan fingerprint density at radius 3 is 2.31 bits per heavy atom. The average Bonchev–Trinajstić information content (AvgIpc) is 2.25. The molecule has 0 bridgehead atoms. The molecular weight excluding hydrogens is 219 g/mol. The molecule has 0 saturated heterocycles. The number of hydrogen-bond acceptors (Lipinski definition) is 2. The minimum atomic E-state index is -4.34. The molecule has 0 aliphatic carbocycles. The monoisotopic (exact) mass is 229 g/mol. The summed E-state index contributed by atoms with van der Waals surface area (Å²) >= 11 is 0. The Morgan fingerprint density at radius 1 is 1.31 bits per heavy atom. The summed E-state index contributed by atoms with van der Waals surface area (Å²) in [5.74, 6) is 0. The lowest BCUT2D eigenvalue weighted by atomic mass is 10.1. The van der Waals surface area contributed by atoms with E-state index in [0.717, 1.165) is 6.92 Å². The van der Waals surface area contributed by atoms with E-state index < -0.39 is 12.3 Å². The van der Waals surface area contributed by atoms with Gasteiger partial charge in [0.15, 0.2) is 6.10 Å². The van der Waals surface area contributed by atoms with Crippen LogP contribution in [0.15, 0.2) is 24.3 Å². The van der Waals surface area contributed by atoms with E-state index in [1.165, 1.54) is 12.1 Å². The molecule has 0 heterocycles. The summed E-state index contributed by atoms with van der Waals surface area (Å²) < 4.78 is 41.0. The van der Waals surface area contributed by atoms with Gasteiger partial charge in [-0.05, 0) is 24.6 Å². The summed E-state index contributed by atoms with van der Waals surface area (Å²) in [5, 5.41) is 8.52. The Kier molecular flexibility index (Phi) is 3.91. The van der Waals surface area contributed by atoms with Crippen LogP contribution in [0.25, 0.3) is 0 Å². The van der Waals surface area contributed by atoms with Crippen molar-refractivity contribution in [3.8, 4) is 6.07 Å². The molecule has 0 saturated carbocycles. The SMILES string of the molecule is CC(OCc1ccc(C#N)cc1)C(F)(F)F. The molecule has 0 amide bonds. The standard InChI is InChI=1S/C11H10F3NO/c1-8(11(12,13)14)16-7-10-4-2-9(6-15)3-5-10/h2-5,8H,7H2,1H3. The quantitative estimate of drug-likeness (QED) is 0.798. The fourth-order valence-electron chi connectivity index (χ4n) is 0.991. The molecule has 1 atom stereocenters. The topological polar surface area (TPSA) is 33.0 Å². The molecule has 16 heavy (non-hydrogen) atoms. The zero-order valence-electron chi connectivity index (χ0n) is 8.58. The first-order chi connectivity index (χ1) is 7.43. The smallest absolute Gasteiger partial charge is 0.364 e. The highest BCUT2D eigenvalue weighted by Crippen LogP contribution is 2.23. The van der Waals surface area contributed by atoms with Gasteiger partial charge in [-0.15, -0.1) is 0 Å². The third-order valence-corrected chi connectivity index (χ3v) is 2.04. The summed E-state index contributed by atoms with van der Waals surface area (Å²) in [7, 11) is 0. The molecular formula is C11H10F3NO. The van der Waals surface area contributed by atoms with Crippen molar-refractivity contribution in [3.05, 3.63) is 35.4 Å². The fourth-order valence-corrected chi connectivity index (χ4v) is 0.991. The molecule has 0 aliphatic heterocycles. The highest BCUT2D eigenvalue weighted by atomic mass is 19.4. The lowest BCUT2D eigenvalue weighted by Gasteiger charge is -2.16. The second-order valence-electron chi connectivity index (χ2n) is 3.30. The van der Waals surface area contributed by atoms with Crippen LogP contribution in [0, 0.1) is 11.3 Å². The van der Waals surface area contributed by atoms with E-state index >= 15 is 0 Å². The summed E-state index contributed by atoms with van der Waals surface area (Å²) in [5.41, 5.74) is 1.07. The predicted molar refractivity (Wildman–Crippen MR) is 51.5 cm³/mol. The predicted octanol–water partition coefficient (Wildman–Crippen LogP) is 3.03. The molecule has 2 nitrogen and oxygen atoms in total. The number of ether oxygens (including phenoxy) is 1. The Morgan fingerprint density at radius 2 is 1.88 bits per heavy atom. The van der Waals surface area contributed by atoms with Crippen LogP contribution >= 0.6 is 0 Å². The van der Waals surface area contributed by atoms with Crippen LogP contribution in [-0.4, -0.2) is 12.3 Å². The van der Waals surface area contributed by atoms with Crippen LogP contribution in [0.5, 0.6) is 0 Å². The van der Waals surface area contributed by atoms with Crippen molar-refractivity contribution < 1.29 is 17.9 Å². The molecule has 1 aromatic rings. The fraction of sp³-hybridized carbons (Fsp3) is 0.364. The number of rotatable bonds is 3. The zero-order chi connectivity index (χ0) is 12.2. The first kappa shape index (κ1) is 12.5. The van der Waals surface area contributed by atoms with Gasteiger partial charge in [0.05, 0.1) is 18.2 Å². The van der Waals surface area contributed by atoms with Crippen LogP contribution < -0.4 is 0 Å². The summed E-state index contributed by atoms with van der Waals surface area (Å²) in [6, 6.07) is 8.14. The van der Waals surface area contributed by atoms with Gasteiger partial charge in [-0.25, -0.2) is 0 Å². The molecule has 86 valence electrons. The maximum atomic E-state index is 12.1. The van der Waals surface area contributed by atoms with E-state index in [4.69, 9.17) is 5.26 Å². The Balaban J connectivity index is 2.53. The van der Waals surface area contributed by atoms with Crippen molar-refractivity contribution in [1.82, 2.24) is 0 Å². The number of benzene rings is 1. The second-order valence-corrected chi connectivity index (χ2v) is 3.30. The summed E-state index contributed by atoms with van der Waals surface area (Å²) in [6.07, 6.45) is -6.13. The highest BCUT2D eigenvalue weighted by Gasteiger charge is 2.36. The van der Waals surface area contributed by atoms with Gasteiger partial charge >= 0.3 is 6.18 Å². The molecule has 5 heteroatoms. The van der Waals surface area contributed by atoms with Crippen LogP contribution in [-0.2, 0) is 11.3 Å². The maximum absolute atomic E-state index is 12.1. The average molecular weight is 229 g/mol. The Labute approximate surface area is 91.3 Å². The van der Waals surface area contributed by atoms with Crippen molar-refractivity contribution >= 4 is 0 Å². The van der Waals surface area contributed by atoms with Gasteiger partial charge in [-0.1, -0.05) is 12.1 Å². The minimum absolute atomic E-state index is 0.119. The number of alkyl halides is 3. The molecule has 0 spiro atoms. The number of nitrogens with zero attached hydrogens (tertiary/aromatic N) is 1. The summed E-state index contributed by atoms with van der Waals surface area (Å²) in [6.45, 7) is 0.843. The zero-order valence-corrected chi connectivity index (χ0v) is 8.58. The molecule has 1 aromatic carbocycles. The van der Waals surface area contributed by atoms with Crippen molar-refractivity contribution in [2.24, 2.45) is 0 Å². The molecule has 1 rings (SSSR count). The number of hydrogen-bond donors (Lipinski definition) is 0. The van der Waals surface area contributed by atoms with E-state index in [1.54, 1.807) is 12.1 Å². The lowest BCUT2D eigenvalue weighted by molar-refractivity contribution is -0.217. The van der Waals surface area contributed by atoms with Crippen LogP contribution in [0.2, 0.25) is 0 Å². The minimum Gasteiger partial charge on any atom is -0.364 e. The van der Waals surface area contributed by atoms with E-state index in [2.05, 4.69) is 4.74 Å². The largest absolute Gasteiger partial charge is 0.414 e. The third-order valence-electron chi connectivity index (χ3n) is 2.04. The molecule has 0 fully saturated rings. The van der Waals surface area contributed by atoms with E-state index in [9.17, 15) is 13.2 Å². The van der Waals surface area contributed by atoms with E-state index in [1.807, 2.05) is 6.07 Å². The van der Waals surface area contributed by atoms with Crippen molar-refractivity contribution in [2.75, 3.05) is 0 Å².